The van der Waals surface area contributed by atoms with E-state index in [1.165, 1.54) is 0 Å². The van der Waals surface area contributed by atoms with Crippen LogP contribution in [0.3, 0.4) is 0 Å². The normalized spacial score (nSPS) is 25.0. The summed E-state index contributed by atoms with van der Waals surface area (Å²) in [5, 5.41) is 8.34. The summed E-state index contributed by atoms with van der Waals surface area (Å²) >= 11 is 0. The zero-order chi connectivity index (χ0) is 6.85. The van der Waals surface area contributed by atoms with Crippen LogP contribution in [0.1, 0.15) is 6.92 Å². The van der Waals surface area contributed by atoms with Crippen molar-refractivity contribution < 1.29 is 14.6 Å². The molecule has 4 heteroatoms. The summed E-state index contributed by atoms with van der Waals surface area (Å²) in [6.07, 6.45) is 0. The van der Waals surface area contributed by atoms with Gasteiger partial charge in [0.25, 0.3) is 0 Å². The lowest BCUT2D eigenvalue weighted by Crippen LogP contribution is -2.18. The van der Waals surface area contributed by atoms with Crippen LogP contribution in [0.15, 0.2) is 4.99 Å². The number of hydrogen-bond donors (Lipinski definition) is 1. The molecule has 4 nitrogen and oxygen atoms in total. The van der Waals surface area contributed by atoms with E-state index in [0.29, 0.717) is 5.90 Å². The predicted octanol–water partition coefficient (Wildman–Crippen LogP) is -0.112. The molecule has 1 heterocycles. The predicted molar refractivity (Wildman–Crippen MR) is 30.5 cm³/mol. The fourth-order valence-corrected chi connectivity index (χ4v) is 0.620. The number of carboxylic acid groups (broad SMARTS) is 1. The molecule has 0 bridgehead atoms. The molecule has 0 radical (unpaired) electrons. The number of carbonyl (C=O) groups is 1. The van der Waals surface area contributed by atoms with Gasteiger partial charge < -0.3 is 9.84 Å². The number of aliphatic carboxylic acids is 1. The van der Waals surface area contributed by atoms with Gasteiger partial charge in [-0.25, -0.2) is 9.79 Å². The maximum Gasteiger partial charge on any atom is 0.332 e. The molecular formula is C5H7NO3. The SMILES string of the molecule is CC1=N[C@H](C(=O)O)CO1. The quantitative estimate of drug-likeness (QED) is 0.537. The molecule has 0 saturated heterocycles. The summed E-state index contributed by atoms with van der Waals surface area (Å²) in [5.74, 6) is -0.464. The monoisotopic (exact) mass is 129 g/mol. The number of hydrogen-bond acceptors (Lipinski definition) is 3. The molecule has 0 aromatic rings. The van der Waals surface area contributed by atoms with Gasteiger partial charge in [0, 0.05) is 6.92 Å². The van der Waals surface area contributed by atoms with Crippen LogP contribution in [0.2, 0.25) is 0 Å². The van der Waals surface area contributed by atoms with Gasteiger partial charge in [0.2, 0.25) is 0 Å². The molecule has 50 valence electrons. The van der Waals surface area contributed by atoms with Crippen molar-refractivity contribution >= 4 is 11.9 Å². The molecule has 1 atom stereocenters. The van der Waals surface area contributed by atoms with Gasteiger partial charge in [0.05, 0.1) is 0 Å². The number of aliphatic imine (C=N–C) groups is 1. The highest BCUT2D eigenvalue weighted by Gasteiger charge is 2.22. The first kappa shape index (κ1) is 6.07. The Hall–Kier alpha value is -1.06. The molecule has 0 unspecified atom stereocenters. The first-order valence-electron chi connectivity index (χ1n) is 2.60. The zero-order valence-electron chi connectivity index (χ0n) is 5.00. The topological polar surface area (TPSA) is 58.9 Å². The molecule has 9 heavy (non-hydrogen) atoms. The molecule has 0 amide bonds. The van der Waals surface area contributed by atoms with Gasteiger partial charge in [-0.15, -0.1) is 0 Å². The molecule has 0 aliphatic carbocycles. The molecule has 0 saturated carbocycles. The molecule has 0 spiro atoms. The van der Waals surface area contributed by atoms with Crippen molar-refractivity contribution in [2.45, 2.75) is 13.0 Å². The minimum Gasteiger partial charge on any atom is -0.480 e. The molecule has 0 aromatic heterocycles. The lowest BCUT2D eigenvalue weighted by Gasteiger charge is -1.94. The van der Waals surface area contributed by atoms with E-state index in [0.717, 1.165) is 0 Å². The first-order chi connectivity index (χ1) is 4.20. The minimum absolute atomic E-state index is 0.182. The van der Waals surface area contributed by atoms with E-state index < -0.39 is 12.0 Å². The lowest BCUT2D eigenvalue weighted by atomic mass is 10.3. The number of nitrogens with zero attached hydrogens (tertiary/aromatic N) is 1. The Bertz CT molecular complexity index is 164. The highest BCUT2D eigenvalue weighted by atomic mass is 16.5. The summed E-state index contributed by atoms with van der Waals surface area (Å²) in [6.45, 7) is 1.82. The summed E-state index contributed by atoms with van der Waals surface area (Å²) in [4.78, 5) is 13.8. The summed E-state index contributed by atoms with van der Waals surface area (Å²) in [6, 6.07) is -0.676. The lowest BCUT2D eigenvalue weighted by molar-refractivity contribution is -0.138. The number of carboxylic acids is 1. The van der Waals surface area contributed by atoms with E-state index >= 15 is 0 Å². The molecule has 0 aromatic carbocycles. The van der Waals surface area contributed by atoms with E-state index in [4.69, 9.17) is 9.84 Å². The maximum absolute atomic E-state index is 10.2. The maximum atomic E-state index is 10.2. The second kappa shape index (κ2) is 2.05. The molecular weight excluding hydrogens is 122 g/mol. The van der Waals surface area contributed by atoms with Crippen LogP contribution < -0.4 is 0 Å². The van der Waals surface area contributed by atoms with Crippen molar-refractivity contribution in [3.63, 3.8) is 0 Å². The van der Waals surface area contributed by atoms with E-state index in [9.17, 15) is 4.79 Å². The van der Waals surface area contributed by atoms with Gasteiger partial charge in [-0.3, -0.25) is 0 Å². The van der Waals surface area contributed by atoms with Gasteiger partial charge in [0.15, 0.2) is 11.9 Å². The highest BCUT2D eigenvalue weighted by molar-refractivity contribution is 5.83. The Morgan fingerprint density at radius 1 is 2.00 bits per heavy atom. The number of rotatable bonds is 1. The van der Waals surface area contributed by atoms with E-state index in [1.54, 1.807) is 6.92 Å². The molecule has 1 aliphatic rings. The standard InChI is InChI=1S/C5H7NO3/c1-3-6-4(2-9-3)5(7)8/h4H,2H2,1H3,(H,7,8)/t4-/m0/s1. The van der Waals surface area contributed by atoms with Crippen LogP contribution >= 0.6 is 0 Å². The van der Waals surface area contributed by atoms with Crippen LogP contribution in [0.4, 0.5) is 0 Å². The summed E-state index contributed by atoms with van der Waals surface area (Å²) < 4.78 is 4.80. The zero-order valence-corrected chi connectivity index (χ0v) is 5.00. The van der Waals surface area contributed by atoms with Crippen molar-refractivity contribution in [1.82, 2.24) is 0 Å². The van der Waals surface area contributed by atoms with Crippen molar-refractivity contribution in [3.05, 3.63) is 0 Å². The van der Waals surface area contributed by atoms with Crippen molar-refractivity contribution in [2.24, 2.45) is 4.99 Å². The molecule has 1 rings (SSSR count). The van der Waals surface area contributed by atoms with E-state index in [1.807, 2.05) is 0 Å². The largest absolute Gasteiger partial charge is 0.480 e. The Kier molecular flexibility index (Phi) is 1.38. The summed E-state index contributed by atoms with van der Waals surface area (Å²) in [5.41, 5.74) is 0. The van der Waals surface area contributed by atoms with Crippen LogP contribution in [-0.4, -0.2) is 29.6 Å². The third-order valence-electron chi connectivity index (χ3n) is 1.07. The number of ether oxygens (including phenoxy) is 1. The van der Waals surface area contributed by atoms with Crippen LogP contribution in [0.5, 0.6) is 0 Å². The van der Waals surface area contributed by atoms with Crippen LogP contribution in [-0.2, 0) is 9.53 Å². The Morgan fingerprint density at radius 2 is 2.67 bits per heavy atom. The second-order valence-corrected chi connectivity index (χ2v) is 1.81. The smallest absolute Gasteiger partial charge is 0.332 e. The van der Waals surface area contributed by atoms with Gasteiger partial charge in [-0.2, -0.15) is 0 Å². The van der Waals surface area contributed by atoms with Crippen molar-refractivity contribution in [1.29, 1.82) is 0 Å². The van der Waals surface area contributed by atoms with Gasteiger partial charge >= 0.3 is 5.97 Å². The average Bonchev–Trinajstić information content (AvgIpc) is 2.14. The van der Waals surface area contributed by atoms with Gasteiger partial charge in [-0.05, 0) is 0 Å². The molecule has 1 aliphatic heterocycles. The summed E-state index contributed by atoms with van der Waals surface area (Å²) in [7, 11) is 0. The van der Waals surface area contributed by atoms with Crippen LogP contribution in [0.25, 0.3) is 0 Å². The van der Waals surface area contributed by atoms with Crippen molar-refractivity contribution in [3.8, 4) is 0 Å². The van der Waals surface area contributed by atoms with Gasteiger partial charge in [-0.1, -0.05) is 0 Å². The third kappa shape index (κ3) is 1.19. The minimum atomic E-state index is -0.924. The third-order valence-corrected chi connectivity index (χ3v) is 1.07. The Balaban J connectivity index is 2.57. The Labute approximate surface area is 52.2 Å². The average molecular weight is 129 g/mol. The van der Waals surface area contributed by atoms with Crippen molar-refractivity contribution in [2.75, 3.05) is 6.61 Å². The fraction of sp³-hybridized carbons (Fsp3) is 0.600. The van der Waals surface area contributed by atoms with Crippen LogP contribution in [0, 0.1) is 0 Å². The van der Waals surface area contributed by atoms with Gasteiger partial charge in [0.1, 0.15) is 6.61 Å². The second-order valence-electron chi connectivity index (χ2n) is 1.81. The van der Waals surface area contributed by atoms with E-state index in [2.05, 4.69) is 4.99 Å². The first-order valence-corrected chi connectivity index (χ1v) is 2.60. The highest BCUT2D eigenvalue weighted by Crippen LogP contribution is 2.02. The van der Waals surface area contributed by atoms with E-state index in [-0.39, 0.29) is 6.61 Å². The Morgan fingerprint density at radius 3 is 2.89 bits per heavy atom. The molecule has 1 N–H and O–H groups in total. The fourth-order valence-electron chi connectivity index (χ4n) is 0.620. The molecule has 0 fully saturated rings.